The third-order valence-corrected chi connectivity index (χ3v) is 4.11. The summed E-state index contributed by atoms with van der Waals surface area (Å²) in [4.78, 5) is 36.6. The maximum atomic E-state index is 13.9. The van der Waals surface area contributed by atoms with Crippen LogP contribution in [-0.4, -0.2) is 35.0 Å². The number of carbonyl (C=O) groups is 3. The van der Waals surface area contributed by atoms with Crippen molar-refractivity contribution in [1.82, 2.24) is 0 Å². The van der Waals surface area contributed by atoms with Crippen LogP contribution in [0.25, 0.3) is 0 Å². The van der Waals surface area contributed by atoms with Crippen LogP contribution in [0.4, 0.5) is 24.5 Å². The highest BCUT2D eigenvalue weighted by atomic mass is 19.2. The van der Waals surface area contributed by atoms with E-state index in [9.17, 15) is 27.6 Å². The molecule has 1 aliphatic heterocycles. The molecule has 1 aromatic carbocycles. The summed E-state index contributed by atoms with van der Waals surface area (Å²) in [5, 5.41) is 9.10. The van der Waals surface area contributed by atoms with Crippen molar-refractivity contribution in [2.45, 2.75) is 25.6 Å². The summed E-state index contributed by atoms with van der Waals surface area (Å²) in [7, 11) is 0. The zero-order valence-corrected chi connectivity index (χ0v) is 11.8. The number of carbonyl (C=O) groups excluding carboxylic acids is 2. The molecule has 0 aromatic heterocycles. The van der Waals surface area contributed by atoms with E-state index in [2.05, 4.69) is 0 Å². The Hall–Kier alpha value is -2.58. The number of amides is 1. The number of halogens is 3. The number of fused-ring (bicyclic) bond motifs is 1. The normalized spacial score (nSPS) is 26.3. The molecule has 1 amide bonds. The second kappa shape index (κ2) is 4.71. The molecular weight excluding hydrogens is 317 g/mol. The van der Waals surface area contributed by atoms with Crippen LogP contribution in [0.15, 0.2) is 0 Å². The van der Waals surface area contributed by atoms with Gasteiger partial charge in [-0.25, -0.2) is 13.2 Å². The van der Waals surface area contributed by atoms with Crippen molar-refractivity contribution in [3.8, 4) is 0 Å². The summed E-state index contributed by atoms with van der Waals surface area (Å²) in [5.74, 6) is -9.18. The van der Waals surface area contributed by atoms with Gasteiger partial charge in [0.25, 0.3) is 0 Å². The van der Waals surface area contributed by atoms with Gasteiger partial charge in [0.05, 0.1) is 23.0 Å². The third kappa shape index (κ3) is 1.92. The van der Waals surface area contributed by atoms with Crippen LogP contribution in [-0.2, 0) is 9.59 Å². The predicted octanol–water partition coefficient (Wildman–Crippen LogP) is 1.20. The van der Waals surface area contributed by atoms with E-state index < -0.39 is 64.2 Å². The Labute approximate surface area is 127 Å². The highest BCUT2D eigenvalue weighted by Crippen LogP contribution is 2.45. The van der Waals surface area contributed by atoms with E-state index in [-0.39, 0.29) is 12.1 Å². The molecule has 3 atom stereocenters. The number of hydrogen-bond acceptors (Lipinski definition) is 4. The van der Waals surface area contributed by atoms with Crippen molar-refractivity contribution in [2.24, 2.45) is 5.92 Å². The predicted molar refractivity (Wildman–Crippen MR) is 71.8 cm³/mol. The zero-order valence-electron chi connectivity index (χ0n) is 11.8. The Bertz CT molecular complexity index is 780. The maximum Gasteiger partial charge on any atom is 0.324 e. The lowest BCUT2D eigenvalue weighted by atomic mass is 9.86. The Morgan fingerprint density at radius 2 is 1.87 bits per heavy atom. The monoisotopic (exact) mass is 328 g/mol. The van der Waals surface area contributed by atoms with E-state index in [0.717, 1.165) is 11.8 Å². The number of ketones is 1. The summed E-state index contributed by atoms with van der Waals surface area (Å²) in [6.07, 6.45) is -1.51. The number of anilines is 2. The van der Waals surface area contributed by atoms with Gasteiger partial charge in [0.1, 0.15) is 6.17 Å². The van der Waals surface area contributed by atoms with E-state index in [1.807, 2.05) is 0 Å². The number of hydrogen-bond donors (Lipinski definition) is 2. The number of carboxylic acid groups (broad SMARTS) is 1. The number of Topliss-reactive ketones (excluding diaryl/α,β-unsaturated/α-hetero) is 1. The van der Waals surface area contributed by atoms with Crippen LogP contribution in [0, 0.1) is 24.5 Å². The van der Waals surface area contributed by atoms with Gasteiger partial charge in [-0.3, -0.25) is 14.4 Å². The molecule has 1 aliphatic carbocycles. The second-order valence-corrected chi connectivity index (χ2v) is 5.55. The standard InChI is InChI=1S/C14H11F3N2O4/c1-3-8(16)9(17)10(18)6-11(3)19(5-2-4(5)15)13(21)7(12(6)20)14(22)23/h4-5,7H,2,18H2,1H3,(H,22,23)/t4-,5+,7?/m0/s1. The summed E-state index contributed by atoms with van der Waals surface area (Å²) in [5.41, 5.74) is 3.22. The molecule has 3 rings (SSSR count). The van der Waals surface area contributed by atoms with Crippen molar-refractivity contribution in [3.63, 3.8) is 0 Å². The van der Waals surface area contributed by atoms with Crippen molar-refractivity contribution in [3.05, 3.63) is 22.8 Å². The smallest absolute Gasteiger partial charge is 0.324 e. The highest BCUT2D eigenvalue weighted by molar-refractivity contribution is 6.32. The topological polar surface area (TPSA) is 101 Å². The van der Waals surface area contributed by atoms with Gasteiger partial charge >= 0.3 is 5.97 Å². The van der Waals surface area contributed by atoms with Gasteiger partial charge in [-0.2, -0.15) is 0 Å². The first-order valence-electron chi connectivity index (χ1n) is 6.69. The molecule has 1 fully saturated rings. The summed E-state index contributed by atoms with van der Waals surface area (Å²) >= 11 is 0. The number of rotatable bonds is 2. The molecule has 3 N–H and O–H groups in total. The van der Waals surface area contributed by atoms with Crippen molar-refractivity contribution < 1.29 is 32.7 Å². The van der Waals surface area contributed by atoms with Crippen molar-refractivity contribution in [1.29, 1.82) is 0 Å². The average Bonchev–Trinajstić information content (AvgIpc) is 3.18. The fourth-order valence-electron chi connectivity index (χ4n) is 2.83. The first-order valence-corrected chi connectivity index (χ1v) is 6.69. The summed E-state index contributed by atoms with van der Waals surface area (Å²) in [6, 6.07) is -1.01. The minimum Gasteiger partial charge on any atom is -0.480 e. The molecule has 1 unspecified atom stereocenters. The number of nitrogens with two attached hydrogens (primary N) is 1. The molecular formula is C14H11F3N2O4. The largest absolute Gasteiger partial charge is 0.480 e. The molecule has 2 aliphatic rings. The van der Waals surface area contributed by atoms with E-state index in [4.69, 9.17) is 10.8 Å². The number of nitrogens with zero attached hydrogens (tertiary/aromatic N) is 1. The van der Waals surface area contributed by atoms with Gasteiger partial charge in [-0.1, -0.05) is 0 Å². The number of aliphatic carboxylic acids is 1. The average molecular weight is 328 g/mol. The number of carboxylic acids is 1. The quantitative estimate of drug-likeness (QED) is 0.627. The third-order valence-electron chi connectivity index (χ3n) is 4.11. The second-order valence-electron chi connectivity index (χ2n) is 5.55. The lowest BCUT2D eigenvalue weighted by Crippen LogP contribution is -2.50. The molecule has 1 aromatic rings. The van der Waals surface area contributed by atoms with Crippen LogP contribution in [0.1, 0.15) is 22.3 Å². The molecule has 1 saturated carbocycles. The van der Waals surface area contributed by atoms with Gasteiger partial charge in [0.2, 0.25) is 5.91 Å². The molecule has 23 heavy (non-hydrogen) atoms. The van der Waals surface area contributed by atoms with Gasteiger partial charge in [0, 0.05) is 12.0 Å². The molecule has 0 spiro atoms. The molecule has 1 heterocycles. The summed E-state index contributed by atoms with van der Waals surface area (Å²) in [6.45, 7) is 1.11. The molecule has 122 valence electrons. The van der Waals surface area contributed by atoms with E-state index in [0.29, 0.717) is 0 Å². The molecule has 0 radical (unpaired) electrons. The molecule has 9 heteroatoms. The van der Waals surface area contributed by atoms with Crippen LogP contribution in [0.2, 0.25) is 0 Å². The Balaban J connectivity index is 2.34. The zero-order chi connectivity index (χ0) is 17.2. The lowest BCUT2D eigenvalue weighted by molar-refractivity contribution is -0.144. The minimum atomic E-state index is -2.15. The number of alkyl halides is 1. The highest BCUT2D eigenvalue weighted by Gasteiger charge is 2.54. The van der Waals surface area contributed by atoms with Gasteiger partial charge in [-0.15, -0.1) is 0 Å². The van der Waals surface area contributed by atoms with Crippen LogP contribution >= 0.6 is 0 Å². The molecule has 6 nitrogen and oxygen atoms in total. The van der Waals surface area contributed by atoms with E-state index in [1.165, 1.54) is 0 Å². The van der Waals surface area contributed by atoms with Crippen LogP contribution < -0.4 is 10.6 Å². The van der Waals surface area contributed by atoms with Crippen molar-refractivity contribution >= 4 is 29.0 Å². The summed E-state index contributed by atoms with van der Waals surface area (Å²) < 4.78 is 41.2. The number of benzene rings is 1. The Morgan fingerprint density at radius 3 is 2.35 bits per heavy atom. The first-order chi connectivity index (χ1) is 10.7. The van der Waals surface area contributed by atoms with E-state index in [1.54, 1.807) is 0 Å². The Morgan fingerprint density at radius 1 is 1.30 bits per heavy atom. The van der Waals surface area contributed by atoms with Gasteiger partial charge in [-0.05, 0) is 6.92 Å². The number of nitrogen functional groups attached to an aromatic ring is 1. The first kappa shape index (κ1) is 15.3. The lowest BCUT2D eigenvalue weighted by Gasteiger charge is -2.34. The Kier molecular flexibility index (Phi) is 3.13. The van der Waals surface area contributed by atoms with Crippen molar-refractivity contribution in [2.75, 3.05) is 10.6 Å². The fourth-order valence-corrected chi connectivity index (χ4v) is 2.83. The minimum absolute atomic E-state index is 0.0793. The molecule has 0 saturated heterocycles. The van der Waals surface area contributed by atoms with E-state index >= 15 is 0 Å². The SMILES string of the molecule is Cc1c(F)c(F)c(N)c2c1N([C@@H]1C[C@@H]1F)C(=O)C(C(=O)O)C2=O. The van der Waals surface area contributed by atoms with Gasteiger partial charge < -0.3 is 15.7 Å². The fraction of sp³-hybridized carbons (Fsp3) is 0.357. The van der Waals surface area contributed by atoms with Crippen LogP contribution in [0.3, 0.4) is 0 Å². The maximum absolute atomic E-state index is 13.9. The molecule has 0 bridgehead atoms. The van der Waals surface area contributed by atoms with Gasteiger partial charge in [0.15, 0.2) is 23.3 Å². The van der Waals surface area contributed by atoms with Crippen LogP contribution in [0.5, 0.6) is 0 Å².